The Bertz CT molecular complexity index is 822. The van der Waals surface area contributed by atoms with E-state index in [1.807, 2.05) is 10.7 Å². The zero-order chi connectivity index (χ0) is 18.6. The van der Waals surface area contributed by atoms with E-state index in [4.69, 9.17) is 4.52 Å². The third kappa shape index (κ3) is 4.07. The molecule has 7 nitrogen and oxygen atoms in total. The molecule has 0 saturated carbocycles. The summed E-state index contributed by atoms with van der Waals surface area (Å²) in [5.74, 6) is 2.30. The van der Waals surface area contributed by atoms with Crippen LogP contribution in [0.1, 0.15) is 49.1 Å². The first kappa shape index (κ1) is 17.8. The predicted molar refractivity (Wildman–Crippen MR) is 102 cm³/mol. The van der Waals surface area contributed by atoms with Crippen molar-refractivity contribution in [1.29, 1.82) is 0 Å². The number of fused-ring (bicyclic) bond motifs is 1. The molecule has 0 bridgehead atoms. The van der Waals surface area contributed by atoms with Crippen LogP contribution in [0.4, 0.5) is 10.6 Å². The van der Waals surface area contributed by atoms with Crippen LogP contribution in [0.3, 0.4) is 0 Å². The van der Waals surface area contributed by atoms with Crippen molar-refractivity contribution in [2.75, 3.05) is 12.4 Å². The highest BCUT2D eigenvalue weighted by molar-refractivity contribution is 5.88. The van der Waals surface area contributed by atoms with Crippen LogP contribution in [0, 0.1) is 5.92 Å². The Hall–Kier alpha value is -2.57. The summed E-state index contributed by atoms with van der Waals surface area (Å²) in [6.45, 7) is 1.28. The van der Waals surface area contributed by atoms with E-state index in [2.05, 4.69) is 27.7 Å². The second-order valence-electron chi connectivity index (χ2n) is 7.57. The Kier molecular flexibility index (Phi) is 5.27. The summed E-state index contributed by atoms with van der Waals surface area (Å²) in [6, 6.07) is 1.69. The van der Waals surface area contributed by atoms with Crippen LogP contribution in [-0.4, -0.2) is 32.9 Å². The SMILES string of the molecule is CN(Cc1noc2c1CCCC2)C(=O)Nc1ccnn1CC1CC=CCC1. The number of urea groups is 1. The molecule has 1 N–H and O–H groups in total. The topological polar surface area (TPSA) is 76.2 Å². The number of aromatic nitrogens is 3. The first-order chi connectivity index (χ1) is 13.2. The van der Waals surface area contributed by atoms with Gasteiger partial charge < -0.3 is 9.42 Å². The first-order valence-corrected chi connectivity index (χ1v) is 9.86. The summed E-state index contributed by atoms with van der Waals surface area (Å²) < 4.78 is 7.35. The van der Waals surface area contributed by atoms with Crippen LogP contribution in [0.2, 0.25) is 0 Å². The lowest BCUT2D eigenvalue weighted by atomic mass is 9.94. The van der Waals surface area contributed by atoms with Gasteiger partial charge in [0, 0.05) is 31.6 Å². The third-order valence-electron chi connectivity index (χ3n) is 5.53. The molecule has 0 aromatic carbocycles. The van der Waals surface area contributed by atoms with Gasteiger partial charge in [0.05, 0.1) is 12.7 Å². The highest BCUT2D eigenvalue weighted by Gasteiger charge is 2.22. The molecule has 0 fully saturated rings. The summed E-state index contributed by atoms with van der Waals surface area (Å²) in [4.78, 5) is 14.3. The van der Waals surface area contributed by atoms with Crippen LogP contribution >= 0.6 is 0 Å². The molecule has 1 atom stereocenters. The third-order valence-corrected chi connectivity index (χ3v) is 5.53. The average Bonchev–Trinajstić information content (AvgIpc) is 3.30. The molecule has 2 amide bonds. The van der Waals surface area contributed by atoms with Gasteiger partial charge in [0.25, 0.3) is 0 Å². The lowest BCUT2D eigenvalue weighted by molar-refractivity contribution is 0.219. The molecule has 7 heteroatoms. The molecule has 2 aliphatic rings. The maximum Gasteiger partial charge on any atom is 0.323 e. The second-order valence-corrected chi connectivity index (χ2v) is 7.57. The van der Waals surface area contributed by atoms with Gasteiger partial charge in [-0.3, -0.25) is 5.32 Å². The lowest BCUT2D eigenvalue weighted by Crippen LogP contribution is -2.32. The number of carbonyl (C=O) groups is 1. The van der Waals surface area contributed by atoms with Gasteiger partial charge in [0.15, 0.2) is 0 Å². The van der Waals surface area contributed by atoms with Gasteiger partial charge in [-0.2, -0.15) is 5.10 Å². The lowest BCUT2D eigenvalue weighted by Gasteiger charge is -2.21. The Morgan fingerprint density at radius 2 is 2.26 bits per heavy atom. The fourth-order valence-electron chi connectivity index (χ4n) is 3.93. The molecule has 0 aliphatic heterocycles. The summed E-state index contributed by atoms with van der Waals surface area (Å²) in [7, 11) is 1.78. The Balaban J connectivity index is 1.37. The smallest absolute Gasteiger partial charge is 0.323 e. The molecule has 144 valence electrons. The van der Waals surface area contributed by atoms with Crippen LogP contribution < -0.4 is 5.32 Å². The number of carbonyl (C=O) groups excluding carboxylic acids is 1. The van der Waals surface area contributed by atoms with Crippen LogP contribution in [0.5, 0.6) is 0 Å². The van der Waals surface area contributed by atoms with Crippen molar-refractivity contribution in [1.82, 2.24) is 19.8 Å². The minimum Gasteiger partial charge on any atom is -0.361 e. The monoisotopic (exact) mass is 369 g/mol. The van der Waals surface area contributed by atoms with Gasteiger partial charge in [-0.1, -0.05) is 17.3 Å². The van der Waals surface area contributed by atoms with Crippen molar-refractivity contribution in [2.24, 2.45) is 5.92 Å². The highest BCUT2D eigenvalue weighted by Crippen LogP contribution is 2.25. The number of nitrogens with zero attached hydrogens (tertiary/aromatic N) is 4. The molecule has 4 rings (SSSR count). The number of hydrogen-bond acceptors (Lipinski definition) is 4. The largest absolute Gasteiger partial charge is 0.361 e. The fraction of sp³-hybridized carbons (Fsp3) is 0.550. The van der Waals surface area contributed by atoms with Gasteiger partial charge in [-0.05, 0) is 44.4 Å². The Labute approximate surface area is 159 Å². The molecule has 0 spiro atoms. The molecule has 0 radical (unpaired) electrons. The number of anilines is 1. The number of aryl methyl sites for hydroxylation is 1. The predicted octanol–water partition coefficient (Wildman–Crippen LogP) is 3.77. The molecule has 2 aromatic rings. The number of allylic oxidation sites excluding steroid dienone is 2. The Morgan fingerprint density at radius 1 is 1.37 bits per heavy atom. The van der Waals surface area contributed by atoms with Crippen LogP contribution in [0.25, 0.3) is 0 Å². The minimum atomic E-state index is -0.159. The van der Waals surface area contributed by atoms with E-state index in [-0.39, 0.29) is 6.03 Å². The molecule has 1 unspecified atom stereocenters. The normalized spacial score (nSPS) is 18.9. The maximum atomic E-state index is 12.7. The zero-order valence-corrected chi connectivity index (χ0v) is 15.9. The van der Waals surface area contributed by atoms with Gasteiger partial charge in [0.2, 0.25) is 0 Å². The summed E-state index contributed by atoms with van der Waals surface area (Å²) in [5, 5.41) is 11.6. The van der Waals surface area contributed by atoms with E-state index >= 15 is 0 Å². The van der Waals surface area contributed by atoms with E-state index in [1.54, 1.807) is 18.1 Å². The van der Waals surface area contributed by atoms with Gasteiger partial charge >= 0.3 is 6.03 Å². The maximum absolute atomic E-state index is 12.7. The summed E-state index contributed by atoms with van der Waals surface area (Å²) >= 11 is 0. The molecule has 2 aromatic heterocycles. The molecular weight excluding hydrogens is 342 g/mol. The van der Waals surface area contributed by atoms with Crippen molar-refractivity contribution < 1.29 is 9.32 Å². The summed E-state index contributed by atoms with van der Waals surface area (Å²) in [5.41, 5.74) is 2.07. The van der Waals surface area contributed by atoms with Crippen molar-refractivity contribution >= 4 is 11.8 Å². The average molecular weight is 369 g/mol. The van der Waals surface area contributed by atoms with Crippen molar-refractivity contribution in [2.45, 2.75) is 58.0 Å². The number of amides is 2. The quantitative estimate of drug-likeness (QED) is 0.814. The number of nitrogens with one attached hydrogen (secondary N) is 1. The van der Waals surface area contributed by atoms with Gasteiger partial charge in [-0.25, -0.2) is 9.48 Å². The number of rotatable bonds is 5. The van der Waals surface area contributed by atoms with E-state index in [9.17, 15) is 4.79 Å². The van der Waals surface area contributed by atoms with E-state index in [0.717, 1.165) is 62.3 Å². The fourth-order valence-corrected chi connectivity index (χ4v) is 3.93. The van der Waals surface area contributed by atoms with Crippen molar-refractivity contribution in [3.05, 3.63) is 41.4 Å². The summed E-state index contributed by atoms with van der Waals surface area (Å²) in [6.07, 6.45) is 13.8. The molecule has 2 heterocycles. The first-order valence-electron chi connectivity index (χ1n) is 9.86. The van der Waals surface area contributed by atoms with Gasteiger partial charge in [0.1, 0.15) is 17.3 Å². The minimum absolute atomic E-state index is 0.159. The molecule has 0 saturated heterocycles. The molecule has 27 heavy (non-hydrogen) atoms. The standard InChI is InChI=1S/C20H27N5O2/c1-24(14-17-16-9-5-6-10-18(16)27-23-17)20(26)22-19-11-12-21-25(19)13-15-7-3-2-4-8-15/h2-3,11-12,15H,4-10,13-14H2,1H3,(H,22,26). The van der Waals surface area contributed by atoms with E-state index in [1.165, 1.54) is 12.0 Å². The molecular formula is C20H27N5O2. The van der Waals surface area contributed by atoms with Crippen LogP contribution in [-0.2, 0) is 25.9 Å². The van der Waals surface area contributed by atoms with E-state index < -0.39 is 0 Å². The van der Waals surface area contributed by atoms with Crippen molar-refractivity contribution in [3.8, 4) is 0 Å². The van der Waals surface area contributed by atoms with E-state index in [0.29, 0.717) is 12.5 Å². The van der Waals surface area contributed by atoms with Crippen LogP contribution in [0.15, 0.2) is 28.9 Å². The second kappa shape index (κ2) is 7.98. The highest BCUT2D eigenvalue weighted by atomic mass is 16.5. The zero-order valence-electron chi connectivity index (χ0n) is 15.9. The van der Waals surface area contributed by atoms with Crippen molar-refractivity contribution in [3.63, 3.8) is 0 Å². The Morgan fingerprint density at radius 3 is 3.11 bits per heavy atom. The van der Waals surface area contributed by atoms with Gasteiger partial charge in [-0.15, -0.1) is 0 Å². The number of hydrogen-bond donors (Lipinski definition) is 1. The molecule has 2 aliphatic carbocycles.